The maximum absolute atomic E-state index is 13.6. The lowest BCUT2D eigenvalue weighted by atomic mass is 10.1. The number of rotatable bonds is 4. The molecule has 1 N–H and O–H groups in total. The zero-order valence-electron chi connectivity index (χ0n) is 16.1. The summed E-state index contributed by atoms with van der Waals surface area (Å²) in [5, 5.41) is 8.13. The number of aryl methyl sites for hydroxylation is 1. The van der Waals surface area contributed by atoms with Crippen LogP contribution < -0.4 is 10.9 Å². The van der Waals surface area contributed by atoms with Crippen LogP contribution in [0.15, 0.2) is 29.1 Å². The van der Waals surface area contributed by atoms with E-state index in [1.165, 1.54) is 29.7 Å². The largest absolute Gasteiger partial charge is 0.352 e. The number of aromatic nitrogens is 3. The molecule has 3 aromatic rings. The summed E-state index contributed by atoms with van der Waals surface area (Å²) in [6, 6.07) is 6.28. The van der Waals surface area contributed by atoms with Crippen LogP contribution in [0, 0.1) is 5.82 Å². The van der Waals surface area contributed by atoms with Crippen molar-refractivity contribution in [1.29, 1.82) is 0 Å². The molecule has 148 valence electrons. The molecule has 1 amide bonds. The maximum Gasteiger partial charge on any atom is 0.291 e. The first-order valence-electron chi connectivity index (χ1n) is 10.1. The third-order valence-corrected chi connectivity index (χ3v) is 5.54. The van der Waals surface area contributed by atoms with Crippen LogP contribution in [0.25, 0.3) is 16.4 Å². The highest BCUT2D eigenvalue weighted by Gasteiger charge is 2.18. The number of amides is 1. The van der Waals surface area contributed by atoms with Crippen LogP contribution in [0.2, 0.25) is 0 Å². The number of nitrogens with one attached hydrogen (secondary N) is 1. The van der Waals surface area contributed by atoms with Gasteiger partial charge < -0.3 is 5.32 Å². The van der Waals surface area contributed by atoms with Crippen LogP contribution >= 0.6 is 0 Å². The molecule has 1 saturated carbocycles. The summed E-state index contributed by atoms with van der Waals surface area (Å²) in [6.07, 6.45) is 7.25. The van der Waals surface area contributed by atoms with Gasteiger partial charge in [-0.05, 0) is 37.1 Å². The third kappa shape index (κ3) is 3.53. The van der Waals surface area contributed by atoms with Crippen molar-refractivity contribution in [2.24, 2.45) is 0 Å². The lowest BCUT2D eigenvalue weighted by Crippen LogP contribution is -2.40. The Labute approximate surface area is 162 Å². The molecule has 1 aliphatic carbocycles. The number of nitrogens with zero attached hydrogens (tertiary/aromatic N) is 3. The molecule has 1 fully saturated rings. The molecule has 0 bridgehead atoms. The Kier molecular flexibility index (Phi) is 5.15. The lowest BCUT2D eigenvalue weighted by Gasteiger charge is -2.17. The van der Waals surface area contributed by atoms with Gasteiger partial charge in [0, 0.05) is 17.8 Å². The predicted molar refractivity (Wildman–Crippen MR) is 106 cm³/mol. The van der Waals surface area contributed by atoms with Crippen LogP contribution in [0.1, 0.15) is 51.3 Å². The number of hydrogen-bond donors (Lipinski definition) is 1. The Morgan fingerprint density at radius 3 is 2.64 bits per heavy atom. The molecule has 0 unspecified atom stereocenters. The minimum atomic E-state index is -0.350. The summed E-state index contributed by atoms with van der Waals surface area (Å²) in [4.78, 5) is 25.5. The second-order valence-electron chi connectivity index (χ2n) is 7.56. The molecular formula is C21H25FN4O2. The van der Waals surface area contributed by atoms with Crippen molar-refractivity contribution in [3.63, 3.8) is 0 Å². The Hall–Kier alpha value is -2.70. The molecule has 2 aromatic heterocycles. The number of halogens is 1. The molecule has 0 radical (unpaired) electrons. The first-order chi connectivity index (χ1) is 13.6. The zero-order valence-corrected chi connectivity index (χ0v) is 16.1. The monoisotopic (exact) mass is 384 g/mol. The summed E-state index contributed by atoms with van der Waals surface area (Å²) >= 11 is 0. The van der Waals surface area contributed by atoms with Gasteiger partial charge in [0.15, 0.2) is 0 Å². The van der Waals surface area contributed by atoms with E-state index in [1.54, 1.807) is 16.5 Å². The average molecular weight is 384 g/mol. The van der Waals surface area contributed by atoms with Crippen molar-refractivity contribution in [2.45, 2.75) is 64.5 Å². The fourth-order valence-electron chi connectivity index (χ4n) is 4.15. The van der Waals surface area contributed by atoms with Gasteiger partial charge in [0.2, 0.25) is 5.91 Å². The van der Waals surface area contributed by atoms with E-state index in [9.17, 15) is 14.0 Å². The summed E-state index contributed by atoms with van der Waals surface area (Å²) in [7, 11) is 0. The van der Waals surface area contributed by atoms with Crippen LogP contribution in [0.5, 0.6) is 0 Å². The molecule has 0 aliphatic heterocycles. The first kappa shape index (κ1) is 18.7. The fraction of sp³-hybridized carbons (Fsp3) is 0.476. The SMILES string of the molecule is CCc1nn(CC(=O)NC2CCCCCC2)c(=O)c2cc3cc(F)ccc3n12. The Morgan fingerprint density at radius 1 is 1.18 bits per heavy atom. The van der Waals surface area contributed by atoms with Gasteiger partial charge in [-0.2, -0.15) is 5.10 Å². The first-order valence-corrected chi connectivity index (χ1v) is 10.1. The summed E-state index contributed by atoms with van der Waals surface area (Å²) < 4.78 is 16.6. The molecule has 0 atom stereocenters. The quantitative estimate of drug-likeness (QED) is 0.703. The van der Waals surface area contributed by atoms with E-state index in [0.717, 1.165) is 31.2 Å². The van der Waals surface area contributed by atoms with Crippen LogP contribution in [-0.2, 0) is 17.8 Å². The number of hydrogen-bond acceptors (Lipinski definition) is 3. The molecule has 28 heavy (non-hydrogen) atoms. The molecule has 1 aliphatic rings. The number of fused-ring (bicyclic) bond motifs is 3. The highest BCUT2D eigenvalue weighted by atomic mass is 19.1. The Bertz CT molecular complexity index is 1080. The molecule has 2 heterocycles. The summed E-state index contributed by atoms with van der Waals surface area (Å²) in [6.45, 7) is 1.84. The van der Waals surface area contributed by atoms with Gasteiger partial charge in [-0.25, -0.2) is 9.07 Å². The van der Waals surface area contributed by atoms with Crippen molar-refractivity contribution in [3.05, 3.63) is 46.3 Å². The van der Waals surface area contributed by atoms with Crippen molar-refractivity contribution >= 4 is 22.3 Å². The zero-order chi connectivity index (χ0) is 19.7. The van der Waals surface area contributed by atoms with E-state index in [1.807, 2.05) is 6.92 Å². The van der Waals surface area contributed by atoms with Crippen molar-refractivity contribution in [1.82, 2.24) is 19.5 Å². The highest BCUT2D eigenvalue weighted by Crippen LogP contribution is 2.21. The van der Waals surface area contributed by atoms with Gasteiger partial charge in [-0.15, -0.1) is 0 Å². The van der Waals surface area contributed by atoms with E-state index in [4.69, 9.17) is 0 Å². The Morgan fingerprint density at radius 2 is 1.93 bits per heavy atom. The van der Waals surface area contributed by atoms with Gasteiger partial charge >= 0.3 is 0 Å². The molecule has 7 heteroatoms. The third-order valence-electron chi connectivity index (χ3n) is 5.54. The molecule has 1 aromatic carbocycles. The maximum atomic E-state index is 13.6. The fourth-order valence-corrected chi connectivity index (χ4v) is 4.15. The van der Waals surface area contributed by atoms with Crippen LogP contribution in [0.3, 0.4) is 0 Å². The summed E-state index contributed by atoms with van der Waals surface area (Å²) in [5.74, 6) is 0.131. The second kappa shape index (κ2) is 7.73. The molecular weight excluding hydrogens is 359 g/mol. The van der Waals surface area contributed by atoms with Gasteiger partial charge in [-0.1, -0.05) is 32.6 Å². The number of benzene rings is 1. The van der Waals surface area contributed by atoms with Crippen LogP contribution in [-0.4, -0.2) is 26.1 Å². The second-order valence-corrected chi connectivity index (χ2v) is 7.56. The van der Waals surface area contributed by atoms with Gasteiger partial charge in [-0.3, -0.25) is 14.0 Å². The predicted octanol–water partition coefficient (Wildman–Crippen LogP) is 3.19. The minimum absolute atomic E-state index is 0.102. The number of carbonyl (C=O) groups is 1. The van der Waals surface area contributed by atoms with Gasteiger partial charge in [0.25, 0.3) is 5.56 Å². The Balaban J connectivity index is 1.67. The molecule has 0 saturated heterocycles. The highest BCUT2D eigenvalue weighted by molar-refractivity contribution is 5.87. The van der Waals surface area contributed by atoms with Gasteiger partial charge in [0.1, 0.15) is 23.7 Å². The average Bonchev–Trinajstić information content (AvgIpc) is 2.85. The van der Waals surface area contributed by atoms with Crippen LogP contribution in [0.4, 0.5) is 4.39 Å². The van der Waals surface area contributed by atoms with E-state index in [2.05, 4.69) is 10.4 Å². The minimum Gasteiger partial charge on any atom is -0.352 e. The van der Waals surface area contributed by atoms with E-state index in [0.29, 0.717) is 23.1 Å². The van der Waals surface area contributed by atoms with Crippen molar-refractivity contribution in [2.75, 3.05) is 0 Å². The standard InChI is InChI=1S/C21H25FN4O2/c1-2-19-24-25(13-20(27)23-16-7-5-3-4-6-8-16)21(28)18-12-14-11-15(22)9-10-17(14)26(18)19/h9-12,16H,2-8,13H2,1H3,(H,23,27). The van der Waals surface area contributed by atoms with Crippen molar-refractivity contribution < 1.29 is 9.18 Å². The number of carbonyl (C=O) groups excluding carboxylic acids is 1. The van der Waals surface area contributed by atoms with Gasteiger partial charge in [0.05, 0.1) is 5.52 Å². The normalized spacial score (nSPS) is 15.8. The molecule has 4 rings (SSSR count). The topological polar surface area (TPSA) is 68.4 Å². The summed E-state index contributed by atoms with van der Waals surface area (Å²) in [5.41, 5.74) is 0.812. The molecule has 6 nitrogen and oxygen atoms in total. The van der Waals surface area contributed by atoms with E-state index in [-0.39, 0.29) is 29.9 Å². The van der Waals surface area contributed by atoms with E-state index < -0.39 is 0 Å². The molecule has 0 spiro atoms. The lowest BCUT2D eigenvalue weighted by molar-refractivity contribution is -0.122. The van der Waals surface area contributed by atoms with E-state index >= 15 is 0 Å². The van der Waals surface area contributed by atoms with Crippen molar-refractivity contribution in [3.8, 4) is 0 Å². The smallest absolute Gasteiger partial charge is 0.291 e.